The van der Waals surface area contributed by atoms with Crippen LogP contribution in [0.25, 0.3) is 0 Å². The summed E-state index contributed by atoms with van der Waals surface area (Å²) in [6.07, 6.45) is 0. The highest BCUT2D eigenvalue weighted by atomic mass is 16.5. The first-order valence-corrected chi connectivity index (χ1v) is 6.54. The Morgan fingerprint density at radius 2 is 1.47 bits per heavy atom. The molecule has 3 nitrogen and oxygen atoms in total. The van der Waals surface area contributed by atoms with Crippen molar-refractivity contribution < 1.29 is 9.47 Å². The van der Waals surface area contributed by atoms with Crippen LogP contribution in [-0.4, -0.2) is 13.2 Å². The monoisotopic (exact) mass is 257 g/mol. The molecule has 0 aliphatic rings. The number of ether oxygens (including phenoxy) is 2. The largest absolute Gasteiger partial charge is 0.494 e. The molecule has 0 atom stereocenters. The van der Waals surface area contributed by atoms with Crippen molar-refractivity contribution in [1.82, 2.24) is 0 Å². The fourth-order valence-corrected chi connectivity index (χ4v) is 1.80. The SMILES string of the molecule is CCOc1ccc(Nc2cccc(OCC)c2)cc1. The molecular formula is C16H19NO2. The molecule has 0 saturated heterocycles. The molecule has 0 heterocycles. The summed E-state index contributed by atoms with van der Waals surface area (Å²) in [7, 11) is 0. The minimum atomic E-state index is 0.673. The van der Waals surface area contributed by atoms with Crippen molar-refractivity contribution in [3.8, 4) is 11.5 Å². The van der Waals surface area contributed by atoms with Crippen molar-refractivity contribution >= 4 is 11.4 Å². The standard InChI is InChI=1S/C16H19NO2/c1-3-18-15-10-8-13(9-11-15)17-14-6-5-7-16(12-14)19-4-2/h5-12,17H,3-4H2,1-2H3. The summed E-state index contributed by atoms with van der Waals surface area (Å²) in [6.45, 7) is 5.31. The maximum atomic E-state index is 5.48. The number of rotatable bonds is 6. The van der Waals surface area contributed by atoms with Crippen molar-refractivity contribution in [2.24, 2.45) is 0 Å². The van der Waals surface area contributed by atoms with E-state index in [9.17, 15) is 0 Å². The molecule has 19 heavy (non-hydrogen) atoms. The van der Waals surface area contributed by atoms with E-state index in [0.717, 1.165) is 22.9 Å². The fourth-order valence-electron chi connectivity index (χ4n) is 1.80. The van der Waals surface area contributed by atoms with Crippen LogP contribution in [0.3, 0.4) is 0 Å². The van der Waals surface area contributed by atoms with Crippen LogP contribution < -0.4 is 14.8 Å². The van der Waals surface area contributed by atoms with Crippen molar-refractivity contribution in [2.75, 3.05) is 18.5 Å². The van der Waals surface area contributed by atoms with E-state index in [1.165, 1.54) is 0 Å². The molecule has 0 aromatic heterocycles. The number of benzene rings is 2. The third kappa shape index (κ3) is 3.91. The van der Waals surface area contributed by atoms with Gasteiger partial charge < -0.3 is 14.8 Å². The average Bonchev–Trinajstić information content (AvgIpc) is 2.42. The molecule has 2 aromatic rings. The molecule has 0 aliphatic carbocycles. The van der Waals surface area contributed by atoms with Gasteiger partial charge in [0.2, 0.25) is 0 Å². The third-order valence-corrected chi connectivity index (χ3v) is 2.60. The van der Waals surface area contributed by atoms with Gasteiger partial charge in [0.25, 0.3) is 0 Å². The summed E-state index contributed by atoms with van der Waals surface area (Å²) in [5, 5.41) is 3.34. The lowest BCUT2D eigenvalue weighted by molar-refractivity contribution is 0.340. The van der Waals surface area contributed by atoms with Crippen LogP contribution in [0, 0.1) is 0 Å². The van der Waals surface area contributed by atoms with Crippen molar-refractivity contribution in [3.63, 3.8) is 0 Å². The van der Waals surface area contributed by atoms with E-state index in [2.05, 4.69) is 5.32 Å². The molecule has 0 bridgehead atoms. The molecule has 2 aromatic carbocycles. The molecule has 0 aliphatic heterocycles. The molecule has 0 amide bonds. The van der Waals surface area contributed by atoms with Crippen LogP contribution in [0.2, 0.25) is 0 Å². The first-order valence-electron chi connectivity index (χ1n) is 6.54. The van der Waals surface area contributed by atoms with Gasteiger partial charge in [0, 0.05) is 17.4 Å². The van der Waals surface area contributed by atoms with Crippen LogP contribution in [0.4, 0.5) is 11.4 Å². The Labute approximate surface area is 114 Å². The fraction of sp³-hybridized carbons (Fsp3) is 0.250. The Bertz CT molecular complexity index is 508. The maximum absolute atomic E-state index is 5.48. The zero-order valence-electron chi connectivity index (χ0n) is 11.3. The predicted octanol–water partition coefficient (Wildman–Crippen LogP) is 4.23. The normalized spacial score (nSPS) is 10.0. The Balaban J connectivity index is 2.05. The highest BCUT2D eigenvalue weighted by molar-refractivity contribution is 5.61. The lowest BCUT2D eigenvalue weighted by Gasteiger charge is -2.09. The molecule has 0 fully saturated rings. The van der Waals surface area contributed by atoms with Crippen molar-refractivity contribution in [2.45, 2.75) is 13.8 Å². The zero-order chi connectivity index (χ0) is 13.5. The van der Waals surface area contributed by atoms with E-state index in [1.54, 1.807) is 0 Å². The lowest BCUT2D eigenvalue weighted by atomic mass is 10.2. The molecule has 0 unspecified atom stereocenters. The molecule has 2 rings (SSSR count). The van der Waals surface area contributed by atoms with Gasteiger partial charge in [0.1, 0.15) is 11.5 Å². The van der Waals surface area contributed by atoms with E-state index >= 15 is 0 Å². The van der Waals surface area contributed by atoms with Crippen LogP contribution in [0.5, 0.6) is 11.5 Å². The van der Waals surface area contributed by atoms with Gasteiger partial charge >= 0.3 is 0 Å². The minimum Gasteiger partial charge on any atom is -0.494 e. The van der Waals surface area contributed by atoms with Gasteiger partial charge in [-0.05, 0) is 50.2 Å². The quantitative estimate of drug-likeness (QED) is 0.840. The number of nitrogens with one attached hydrogen (secondary N) is 1. The predicted molar refractivity (Wildman–Crippen MR) is 78.5 cm³/mol. The summed E-state index contributed by atoms with van der Waals surface area (Å²) < 4.78 is 10.9. The van der Waals surface area contributed by atoms with Gasteiger partial charge in [-0.25, -0.2) is 0 Å². The van der Waals surface area contributed by atoms with E-state index in [-0.39, 0.29) is 0 Å². The van der Waals surface area contributed by atoms with Gasteiger partial charge in [-0.1, -0.05) is 6.07 Å². The van der Waals surface area contributed by atoms with E-state index < -0.39 is 0 Å². The Kier molecular flexibility index (Phi) is 4.67. The highest BCUT2D eigenvalue weighted by Gasteiger charge is 1.98. The molecule has 0 saturated carbocycles. The summed E-state index contributed by atoms with van der Waals surface area (Å²) >= 11 is 0. The molecular weight excluding hydrogens is 238 g/mol. The van der Waals surface area contributed by atoms with Crippen molar-refractivity contribution in [1.29, 1.82) is 0 Å². The minimum absolute atomic E-state index is 0.673. The first kappa shape index (κ1) is 13.3. The zero-order valence-corrected chi connectivity index (χ0v) is 11.3. The first-order chi connectivity index (χ1) is 9.31. The molecule has 1 N–H and O–H groups in total. The second-order valence-corrected chi connectivity index (χ2v) is 4.04. The lowest BCUT2D eigenvalue weighted by Crippen LogP contribution is -1.95. The average molecular weight is 257 g/mol. The summed E-state index contributed by atoms with van der Waals surface area (Å²) in [5.74, 6) is 1.76. The Hall–Kier alpha value is -2.16. The van der Waals surface area contributed by atoms with Gasteiger partial charge in [0.15, 0.2) is 0 Å². The van der Waals surface area contributed by atoms with Crippen LogP contribution in [0.15, 0.2) is 48.5 Å². The second kappa shape index (κ2) is 6.69. The Morgan fingerprint density at radius 3 is 2.16 bits per heavy atom. The van der Waals surface area contributed by atoms with Crippen LogP contribution in [-0.2, 0) is 0 Å². The molecule has 0 spiro atoms. The maximum Gasteiger partial charge on any atom is 0.121 e. The number of hydrogen-bond donors (Lipinski definition) is 1. The van der Waals surface area contributed by atoms with Gasteiger partial charge in [0.05, 0.1) is 13.2 Å². The molecule has 3 heteroatoms. The molecule has 100 valence electrons. The van der Waals surface area contributed by atoms with Crippen LogP contribution in [0.1, 0.15) is 13.8 Å². The van der Waals surface area contributed by atoms with E-state index in [4.69, 9.17) is 9.47 Å². The van der Waals surface area contributed by atoms with E-state index in [1.807, 2.05) is 62.4 Å². The van der Waals surface area contributed by atoms with Gasteiger partial charge in [-0.15, -0.1) is 0 Å². The smallest absolute Gasteiger partial charge is 0.121 e. The summed E-state index contributed by atoms with van der Waals surface area (Å²) in [5.41, 5.74) is 2.03. The number of anilines is 2. The van der Waals surface area contributed by atoms with Gasteiger partial charge in [-0.3, -0.25) is 0 Å². The third-order valence-electron chi connectivity index (χ3n) is 2.60. The van der Waals surface area contributed by atoms with Crippen molar-refractivity contribution in [3.05, 3.63) is 48.5 Å². The van der Waals surface area contributed by atoms with Gasteiger partial charge in [-0.2, -0.15) is 0 Å². The Morgan fingerprint density at radius 1 is 0.789 bits per heavy atom. The topological polar surface area (TPSA) is 30.5 Å². The summed E-state index contributed by atoms with van der Waals surface area (Å²) in [4.78, 5) is 0. The number of hydrogen-bond acceptors (Lipinski definition) is 3. The molecule has 0 radical (unpaired) electrons. The van der Waals surface area contributed by atoms with E-state index in [0.29, 0.717) is 13.2 Å². The second-order valence-electron chi connectivity index (χ2n) is 4.04. The summed E-state index contributed by atoms with van der Waals surface area (Å²) in [6, 6.07) is 15.8. The van der Waals surface area contributed by atoms with Crippen LogP contribution >= 0.6 is 0 Å². The highest BCUT2D eigenvalue weighted by Crippen LogP contribution is 2.23.